The molecule has 3 rings (SSSR count). The summed E-state index contributed by atoms with van der Waals surface area (Å²) >= 11 is 0. The van der Waals surface area contributed by atoms with Crippen LogP contribution in [0.25, 0.3) is 11.3 Å². The molecule has 0 unspecified atom stereocenters. The number of rotatable bonds is 3. The van der Waals surface area contributed by atoms with E-state index >= 15 is 0 Å². The van der Waals surface area contributed by atoms with Crippen molar-refractivity contribution in [1.82, 2.24) is 10.2 Å². The highest BCUT2D eigenvalue weighted by Gasteiger charge is 2.10. The summed E-state index contributed by atoms with van der Waals surface area (Å²) < 4.78 is 5.25. The van der Waals surface area contributed by atoms with Crippen molar-refractivity contribution in [1.29, 1.82) is 0 Å². The van der Waals surface area contributed by atoms with Crippen molar-refractivity contribution in [3.05, 3.63) is 77.4 Å². The maximum absolute atomic E-state index is 12.1. The fourth-order valence-electron chi connectivity index (χ4n) is 2.18. The van der Waals surface area contributed by atoms with Gasteiger partial charge in [-0.2, -0.15) is 0 Å². The van der Waals surface area contributed by atoms with Gasteiger partial charge in [0, 0.05) is 11.6 Å². The lowest BCUT2D eigenvalue weighted by molar-refractivity contribution is 0.0726. The highest BCUT2D eigenvalue weighted by atomic mass is 16.5. The summed E-state index contributed by atoms with van der Waals surface area (Å²) in [4.78, 5) is 12.1. The molecule has 0 saturated carbocycles. The zero-order valence-corrected chi connectivity index (χ0v) is 13.0. The first-order valence-electron chi connectivity index (χ1n) is 7.31. The number of ether oxygens (including phenoxy) is 1. The first kappa shape index (κ1) is 14.9. The van der Waals surface area contributed by atoms with Crippen LogP contribution in [-0.2, 0) is 0 Å². The minimum Gasteiger partial charge on any atom is -0.402 e. The summed E-state index contributed by atoms with van der Waals surface area (Å²) in [6.45, 7) is 3.95. The minimum absolute atomic E-state index is 0.187. The number of hydrogen-bond donors (Lipinski definition) is 0. The van der Waals surface area contributed by atoms with Gasteiger partial charge in [0.15, 0.2) is 0 Å². The van der Waals surface area contributed by atoms with E-state index in [9.17, 15) is 4.79 Å². The fourth-order valence-corrected chi connectivity index (χ4v) is 2.18. The SMILES string of the molecule is Cc1ccc(-c2ccc(OC(=O)c3cccc(C)c3)nn2)cc1. The van der Waals surface area contributed by atoms with Crippen molar-refractivity contribution in [2.75, 3.05) is 0 Å². The molecule has 23 heavy (non-hydrogen) atoms. The third kappa shape index (κ3) is 3.61. The van der Waals surface area contributed by atoms with E-state index in [1.165, 1.54) is 5.56 Å². The first-order valence-corrected chi connectivity index (χ1v) is 7.31. The summed E-state index contributed by atoms with van der Waals surface area (Å²) in [5.74, 6) is -0.251. The lowest BCUT2D eigenvalue weighted by atomic mass is 10.1. The molecule has 0 N–H and O–H groups in total. The Morgan fingerprint density at radius 2 is 1.65 bits per heavy atom. The molecule has 2 aromatic carbocycles. The smallest absolute Gasteiger partial charge is 0.344 e. The maximum atomic E-state index is 12.1. The second-order valence-corrected chi connectivity index (χ2v) is 5.38. The van der Waals surface area contributed by atoms with Crippen molar-refractivity contribution in [3.8, 4) is 17.1 Å². The number of carbonyl (C=O) groups is 1. The van der Waals surface area contributed by atoms with Gasteiger partial charge in [-0.3, -0.25) is 0 Å². The number of carbonyl (C=O) groups excluding carboxylic acids is 1. The Kier molecular flexibility index (Phi) is 4.15. The van der Waals surface area contributed by atoms with Crippen molar-refractivity contribution in [3.63, 3.8) is 0 Å². The Morgan fingerprint density at radius 1 is 0.870 bits per heavy atom. The monoisotopic (exact) mass is 304 g/mol. The molecule has 0 fully saturated rings. The number of nitrogens with zero attached hydrogens (tertiary/aromatic N) is 2. The molecule has 4 heteroatoms. The lowest BCUT2D eigenvalue weighted by Gasteiger charge is -2.05. The molecule has 0 spiro atoms. The zero-order valence-electron chi connectivity index (χ0n) is 13.0. The van der Waals surface area contributed by atoms with Gasteiger partial charge in [-0.05, 0) is 32.0 Å². The zero-order chi connectivity index (χ0) is 16.2. The van der Waals surface area contributed by atoms with Gasteiger partial charge in [-0.25, -0.2) is 4.79 Å². The van der Waals surface area contributed by atoms with Gasteiger partial charge >= 0.3 is 5.97 Å². The van der Waals surface area contributed by atoms with E-state index in [-0.39, 0.29) is 5.88 Å². The quantitative estimate of drug-likeness (QED) is 0.687. The second-order valence-electron chi connectivity index (χ2n) is 5.38. The number of esters is 1. The normalized spacial score (nSPS) is 10.3. The predicted molar refractivity (Wildman–Crippen MR) is 88.3 cm³/mol. The molecular weight excluding hydrogens is 288 g/mol. The van der Waals surface area contributed by atoms with Gasteiger partial charge in [0.1, 0.15) is 0 Å². The molecule has 0 atom stereocenters. The summed E-state index contributed by atoms with van der Waals surface area (Å²) in [6.07, 6.45) is 0. The molecule has 0 aliphatic heterocycles. The molecule has 3 aromatic rings. The molecule has 114 valence electrons. The Bertz CT molecular complexity index is 825. The molecule has 0 bridgehead atoms. The highest BCUT2D eigenvalue weighted by molar-refractivity contribution is 5.91. The van der Waals surface area contributed by atoms with Gasteiger partial charge < -0.3 is 4.74 Å². The van der Waals surface area contributed by atoms with Crippen LogP contribution in [0.2, 0.25) is 0 Å². The average Bonchev–Trinajstić information content (AvgIpc) is 2.56. The van der Waals surface area contributed by atoms with Crippen molar-refractivity contribution >= 4 is 5.97 Å². The van der Waals surface area contributed by atoms with Crippen molar-refractivity contribution in [2.45, 2.75) is 13.8 Å². The average molecular weight is 304 g/mol. The van der Waals surface area contributed by atoms with Crippen LogP contribution in [0.5, 0.6) is 5.88 Å². The topological polar surface area (TPSA) is 52.1 Å². The van der Waals surface area contributed by atoms with Crippen molar-refractivity contribution < 1.29 is 9.53 Å². The summed E-state index contributed by atoms with van der Waals surface area (Å²) in [6, 6.07) is 18.7. The van der Waals surface area contributed by atoms with Gasteiger partial charge in [0.05, 0.1) is 11.3 Å². The molecule has 0 saturated heterocycles. The molecule has 0 amide bonds. The Labute approximate surface area is 134 Å². The second kappa shape index (κ2) is 6.40. The third-order valence-corrected chi connectivity index (χ3v) is 3.44. The fraction of sp³-hybridized carbons (Fsp3) is 0.105. The maximum Gasteiger partial charge on any atom is 0.344 e. The molecule has 4 nitrogen and oxygen atoms in total. The lowest BCUT2D eigenvalue weighted by Crippen LogP contribution is -2.10. The number of hydrogen-bond acceptors (Lipinski definition) is 4. The third-order valence-electron chi connectivity index (χ3n) is 3.44. The van der Waals surface area contributed by atoms with Gasteiger partial charge in [0.25, 0.3) is 0 Å². The van der Waals surface area contributed by atoms with E-state index in [1.54, 1.807) is 24.3 Å². The molecule has 0 aliphatic carbocycles. The first-order chi connectivity index (χ1) is 11.1. The minimum atomic E-state index is -0.439. The highest BCUT2D eigenvalue weighted by Crippen LogP contribution is 2.18. The van der Waals surface area contributed by atoms with E-state index in [1.807, 2.05) is 50.2 Å². The summed E-state index contributed by atoms with van der Waals surface area (Å²) in [5, 5.41) is 8.09. The molecule has 1 heterocycles. The van der Waals surface area contributed by atoms with E-state index in [0.29, 0.717) is 5.56 Å². The van der Waals surface area contributed by atoms with E-state index < -0.39 is 5.97 Å². The molecule has 1 aromatic heterocycles. The van der Waals surface area contributed by atoms with Crippen LogP contribution in [0.15, 0.2) is 60.7 Å². The van der Waals surface area contributed by atoms with Crippen LogP contribution >= 0.6 is 0 Å². The predicted octanol–water partition coefficient (Wildman–Crippen LogP) is 3.98. The van der Waals surface area contributed by atoms with Crippen LogP contribution in [0.1, 0.15) is 21.5 Å². The van der Waals surface area contributed by atoms with Gasteiger partial charge in [0.2, 0.25) is 5.88 Å². The van der Waals surface area contributed by atoms with Crippen LogP contribution in [0.3, 0.4) is 0 Å². The van der Waals surface area contributed by atoms with Crippen LogP contribution in [0, 0.1) is 13.8 Å². The largest absolute Gasteiger partial charge is 0.402 e. The van der Waals surface area contributed by atoms with E-state index in [0.717, 1.165) is 16.8 Å². The van der Waals surface area contributed by atoms with E-state index in [2.05, 4.69) is 10.2 Å². The van der Waals surface area contributed by atoms with Gasteiger partial charge in [-0.1, -0.05) is 47.5 Å². The van der Waals surface area contributed by atoms with Crippen LogP contribution in [0.4, 0.5) is 0 Å². The van der Waals surface area contributed by atoms with Crippen LogP contribution < -0.4 is 4.74 Å². The van der Waals surface area contributed by atoms with Gasteiger partial charge in [-0.15, -0.1) is 10.2 Å². The Hall–Kier alpha value is -3.01. The number of aryl methyl sites for hydroxylation is 2. The van der Waals surface area contributed by atoms with Crippen molar-refractivity contribution in [2.24, 2.45) is 0 Å². The van der Waals surface area contributed by atoms with E-state index in [4.69, 9.17) is 4.74 Å². The molecular formula is C19H16N2O2. The number of benzene rings is 2. The summed E-state index contributed by atoms with van der Waals surface area (Å²) in [7, 11) is 0. The molecule has 0 radical (unpaired) electrons. The Balaban J connectivity index is 1.75. The standard InChI is InChI=1S/C19H16N2O2/c1-13-6-8-15(9-7-13)17-10-11-18(21-20-17)23-19(22)16-5-3-4-14(2)12-16/h3-12H,1-2H3. The Morgan fingerprint density at radius 3 is 2.30 bits per heavy atom. The summed E-state index contributed by atoms with van der Waals surface area (Å²) in [5.41, 5.74) is 4.39. The number of aromatic nitrogens is 2. The molecule has 0 aliphatic rings. The van der Waals surface area contributed by atoms with Crippen LogP contribution in [-0.4, -0.2) is 16.2 Å².